The van der Waals surface area contributed by atoms with Gasteiger partial charge in [-0.2, -0.15) is 0 Å². The van der Waals surface area contributed by atoms with Crippen LogP contribution >= 0.6 is 0 Å². The zero-order valence-corrected chi connectivity index (χ0v) is 33.6. The van der Waals surface area contributed by atoms with E-state index >= 15 is 0 Å². The van der Waals surface area contributed by atoms with Gasteiger partial charge in [0.15, 0.2) is 0 Å². The largest absolute Gasteiger partial charge is 0.456 e. The zero-order chi connectivity index (χ0) is 40.1. The fraction of sp³-hybridized carbons (Fsp3) is 0.0526. The van der Waals surface area contributed by atoms with Crippen LogP contribution in [0.1, 0.15) is 25.0 Å². The summed E-state index contributed by atoms with van der Waals surface area (Å²) in [6.45, 7) is 4.73. The number of para-hydroxylation sites is 4. The number of fused-ring (bicyclic) bond motifs is 17. The maximum atomic E-state index is 6.41. The van der Waals surface area contributed by atoms with Crippen LogP contribution in [0.15, 0.2) is 192 Å². The van der Waals surface area contributed by atoms with E-state index in [0.29, 0.717) is 0 Å². The third-order valence-electron chi connectivity index (χ3n) is 13.8. The highest BCUT2D eigenvalue weighted by atomic mass is 16.3. The molecule has 0 radical (unpaired) electrons. The first-order valence-corrected chi connectivity index (χ1v) is 21.2. The molecule has 0 saturated carbocycles. The lowest BCUT2D eigenvalue weighted by Crippen LogP contribution is -2.15. The molecule has 0 unspecified atom stereocenters. The van der Waals surface area contributed by atoms with E-state index in [1.807, 2.05) is 6.07 Å². The minimum atomic E-state index is -0.111. The topological polar surface area (TPSA) is 27.9 Å². The van der Waals surface area contributed by atoms with E-state index in [-0.39, 0.29) is 5.41 Å². The van der Waals surface area contributed by atoms with Crippen LogP contribution in [-0.2, 0) is 5.41 Å². The van der Waals surface area contributed by atoms with Crippen molar-refractivity contribution < 1.29 is 4.42 Å². The fourth-order valence-corrected chi connectivity index (χ4v) is 11.2. The first kappa shape index (κ1) is 33.1. The van der Waals surface area contributed by atoms with Gasteiger partial charge in [0.25, 0.3) is 0 Å². The Kier molecular flexibility index (Phi) is 6.33. The van der Waals surface area contributed by atoms with Crippen LogP contribution in [0.2, 0.25) is 0 Å². The SMILES string of the molecule is CC1(C)c2ccccc2-c2ccc(-n3c4ccccc4c4c3ccc3c5ccc6c(c7ccccc7n6-c6ccccc6)c5n(-c5ccc6oc7ccccc7c6c5)c34)cc21. The van der Waals surface area contributed by atoms with Crippen molar-refractivity contribution in [2.75, 3.05) is 0 Å². The molecule has 4 heterocycles. The fourth-order valence-electron chi connectivity index (χ4n) is 11.2. The molecule has 4 heteroatoms. The molecule has 4 nitrogen and oxygen atoms in total. The maximum Gasteiger partial charge on any atom is 0.135 e. The lowest BCUT2D eigenvalue weighted by atomic mass is 9.82. The second-order valence-electron chi connectivity index (χ2n) is 17.3. The van der Waals surface area contributed by atoms with Crippen LogP contribution in [0.4, 0.5) is 0 Å². The van der Waals surface area contributed by atoms with Crippen LogP contribution in [-0.4, -0.2) is 13.7 Å². The van der Waals surface area contributed by atoms with Crippen molar-refractivity contribution in [2.24, 2.45) is 0 Å². The van der Waals surface area contributed by atoms with Crippen molar-refractivity contribution in [3.63, 3.8) is 0 Å². The molecule has 13 aromatic rings. The van der Waals surface area contributed by atoms with Gasteiger partial charge < -0.3 is 18.1 Å². The molecule has 0 spiro atoms. The number of aromatic nitrogens is 3. The highest BCUT2D eigenvalue weighted by molar-refractivity contribution is 6.31. The third-order valence-corrected chi connectivity index (χ3v) is 13.8. The molecule has 9 aromatic carbocycles. The second-order valence-corrected chi connectivity index (χ2v) is 17.3. The number of nitrogens with zero attached hydrogens (tertiary/aromatic N) is 3. The maximum absolute atomic E-state index is 6.41. The Morgan fingerprint density at radius 1 is 0.344 bits per heavy atom. The van der Waals surface area contributed by atoms with E-state index in [1.54, 1.807) is 0 Å². The molecule has 0 amide bonds. The van der Waals surface area contributed by atoms with Gasteiger partial charge in [-0.1, -0.05) is 129 Å². The smallest absolute Gasteiger partial charge is 0.135 e. The summed E-state index contributed by atoms with van der Waals surface area (Å²) in [5.74, 6) is 0. The lowest BCUT2D eigenvalue weighted by molar-refractivity contribution is 0.660. The van der Waals surface area contributed by atoms with Gasteiger partial charge in [-0.25, -0.2) is 0 Å². The van der Waals surface area contributed by atoms with Gasteiger partial charge in [0, 0.05) is 65.6 Å². The van der Waals surface area contributed by atoms with Crippen molar-refractivity contribution >= 4 is 87.4 Å². The average Bonchev–Trinajstić information content (AvgIpc) is 4.08. The van der Waals surface area contributed by atoms with Gasteiger partial charge in [0.2, 0.25) is 0 Å². The quantitative estimate of drug-likeness (QED) is 0.176. The van der Waals surface area contributed by atoms with Gasteiger partial charge in [-0.15, -0.1) is 0 Å². The molecule has 1 aliphatic carbocycles. The molecule has 0 N–H and O–H groups in total. The van der Waals surface area contributed by atoms with Gasteiger partial charge in [0.1, 0.15) is 11.2 Å². The van der Waals surface area contributed by atoms with Crippen molar-refractivity contribution in [2.45, 2.75) is 19.3 Å². The summed E-state index contributed by atoms with van der Waals surface area (Å²) in [6.07, 6.45) is 0. The minimum Gasteiger partial charge on any atom is -0.456 e. The zero-order valence-electron chi connectivity index (χ0n) is 33.6. The number of hydrogen-bond acceptors (Lipinski definition) is 1. The van der Waals surface area contributed by atoms with Gasteiger partial charge in [-0.05, 0) is 95.1 Å². The van der Waals surface area contributed by atoms with Crippen molar-refractivity contribution in [3.05, 3.63) is 199 Å². The van der Waals surface area contributed by atoms with Gasteiger partial charge in [0.05, 0.1) is 33.1 Å². The summed E-state index contributed by atoms with van der Waals surface area (Å²) in [6, 6.07) is 69.2. The lowest BCUT2D eigenvalue weighted by Gasteiger charge is -2.22. The minimum absolute atomic E-state index is 0.111. The first-order chi connectivity index (χ1) is 30.0. The van der Waals surface area contributed by atoms with Crippen molar-refractivity contribution in [3.8, 4) is 28.2 Å². The van der Waals surface area contributed by atoms with E-state index in [4.69, 9.17) is 4.42 Å². The summed E-state index contributed by atoms with van der Waals surface area (Å²) < 4.78 is 13.9. The standard InChI is InChI=1S/C57H37N3O/c1-57(2)45-20-10-6-16-37(45)38-26-24-36(33-46(38)57)59-48-22-12-8-19-43(48)54-50(59)30-28-41-40-27-29-49-53(42-18-7-11-21-47(42)58(49)34-14-4-3-5-15-34)55(40)60(56(41)54)35-25-31-52-44(32-35)39-17-9-13-23-51(39)61-52/h3-33H,1-2H3. The Morgan fingerprint density at radius 3 is 1.61 bits per heavy atom. The Balaban J connectivity index is 1.16. The third kappa shape index (κ3) is 4.23. The summed E-state index contributed by atoms with van der Waals surface area (Å²) >= 11 is 0. The van der Waals surface area contributed by atoms with E-state index in [0.717, 1.165) is 33.3 Å². The Bertz CT molecular complexity index is 4020. The molecular formula is C57H37N3O. The number of rotatable bonds is 3. The van der Waals surface area contributed by atoms with Crippen LogP contribution in [0.5, 0.6) is 0 Å². The van der Waals surface area contributed by atoms with Crippen molar-refractivity contribution in [1.82, 2.24) is 13.7 Å². The van der Waals surface area contributed by atoms with E-state index in [9.17, 15) is 0 Å². The van der Waals surface area contributed by atoms with Crippen LogP contribution in [0.3, 0.4) is 0 Å². The second kappa shape index (κ2) is 11.7. The predicted octanol–water partition coefficient (Wildman–Crippen LogP) is 15.2. The van der Waals surface area contributed by atoms with Crippen LogP contribution < -0.4 is 0 Å². The predicted molar refractivity (Wildman–Crippen MR) is 254 cm³/mol. The highest BCUT2D eigenvalue weighted by Crippen LogP contribution is 2.51. The van der Waals surface area contributed by atoms with Crippen molar-refractivity contribution in [1.29, 1.82) is 0 Å². The normalized spacial score (nSPS) is 13.5. The molecule has 14 rings (SSSR count). The molecule has 0 atom stereocenters. The molecule has 1 aliphatic rings. The molecule has 0 aliphatic heterocycles. The molecule has 4 aromatic heterocycles. The summed E-state index contributed by atoms with van der Waals surface area (Å²) in [5.41, 5.74) is 17.7. The van der Waals surface area contributed by atoms with E-state index < -0.39 is 0 Å². The Hall–Kier alpha value is -7.82. The molecule has 61 heavy (non-hydrogen) atoms. The molecule has 0 fully saturated rings. The van der Waals surface area contributed by atoms with Crippen LogP contribution in [0.25, 0.3) is 116 Å². The summed E-state index contributed by atoms with van der Waals surface area (Å²) in [5, 5.41) is 9.62. The van der Waals surface area contributed by atoms with E-state index in [1.165, 1.54) is 93.4 Å². The summed E-state index contributed by atoms with van der Waals surface area (Å²) in [7, 11) is 0. The van der Waals surface area contributed by atoms with Crippen LogP contribution in [0, 0.1) is 0 Å². The molecule has 286 valence electrons. The number of hydrogen-bond donors (Lipinski definition) is 0. The first-order valence-electron chi connectivity index (χ1n) is 21.2. The highest BCUT2D eigenvalue weighted by Gasteiger charge is 2.35. The number of furan rings is 1. The summed E-state index contributed by atoms with van der Waals surface area (Å²) in [4.78, 5) is 0. The Morgan fingerprint density at radius 2 is 0.885 bits per heavy atom. The Labute approximate surface area is 350 Å². The monoisotopic (exact) mass is 779 g/mol. The van der Waals surface area contributed by atoms with Gasteiger partial charge >= 0.3 is 0 Å². The van der Waals surface area contributed by atoms with Gasteiger partial charge in [-0.3, -0.25) is 0 Å². The molecule has 0 saturated heterocycles. The molecule has 0 bridgehead atoms. The average molecular weight is 780 g/mol. The number of benzene rings is 9. The van der Waals surface area contributed by atoms with E-state index in [2.05, 4.69) is 210 Å². The molecular weight excluding hydrogens is 743 g/mol.